The van der Waals surface area contributed by atoms with Crippen LogP contribution in [-0.4, -0.2) is 17.6 Å². The standard InChI is InChI=1S/C13H17NO2/c1-9(2)13(16)14-8-7-12(15)10-5-3-4-6-11(10)14/h3-6,9,12,15H,7-8H2,1-2H3/t12-/m1/s1. The molecule has 1 N–H and O–H groups in total. The molecule has 3 heteroatoms. The van der Waals surface area contributed by atoms with Crippen LogP contribution in [-0.2, 0) is 4.79 Å². The monoisotopic (exact) mass is 219 g/mol. The van der Waals surface area contributed by atoms with Gasteiger partial charge in [0.1, 0.15) is 0 Å². The molecule has 0 radical (unpaired) electrons. The lowest BCUT2D eigenvalue weighted by atomic mass is 9.98. The predicted molar refractivity (Wildman–Crippen MR) is 63.2 cm³/mol. The van der Waals surface area contributed by atoms with Gasteiger partial charge in [-0.1, -0.05) is 32.0 Å². The van der Waals surface area contributed by atoms with Crippen LogP contribution in [0.25, 0.3) is 0 Å². The van der Waals surface area contributed by atoms with Crippen molar-refractivity contribution in [1.29, 1.82) is 0 Å². The van der Waals surface area contributed by atoms with Crippen LogP contribution < -0.4 is 4.90 Å². The van der Waals surface area contributed by atoms with Crippen LogP contribution in [0.5, 0.6) is 0 Å². The Morgan fingerprint density at radius 1 is 1.44 bits per heavy atom. The fourth-order valence-corrected chi connectivity index (χ4v) is 2.08. The van der Waals surface area contributed by atoms with Crippen molar-refractivity contribution in [2.24, 2.45) is 5.92 Å². The van der Waals surface area contributed by atoms with Gasteiger partial charge in [0.2, 0.25) is 5.91 Å². The molecule has 0 unspecified atom stereocenters. The van der Waals surface area contributed by atoms with Gasteiger partial charge < -0.3 is 10.0 Å². The van der Waals surface area contributed by atoms with Crippen LogP contribution in [0.2, 0.25) is 0 Å². The summed E-state index contributed by atoms with van der Waals surface area (Å²) in [5.74, 6) is 0.114. The van der Waals surface area contributed by atoms with Crippen LogP contribution in [0.15, 0.2) is 24.3 Å². The van der Waals surface area contributed by atoms with Gasteiger partial charge in [-0.05, 0) is 12.5 Å². The van der Waals surface area contributed by atoms with E-state index in [1.807, 2.05) is 38.1 Å². The lowest BCUT2D eigenvalue weighted by Gasteiger charge is -2.33. The number of aliphatic hydroxyl groups is 1. The van der Waals surface area contributed by atoms with E-state index >= 15 is 0 Å². The van der Waals surface area contributed by atoms with Gasteiger partial charge in [0.05, 0.1) is 6.10 Å². The maximum atomic E-state index is 12.0. The minimum absolute atomic E-state index is 0.0108. The Balaban J connectivity index is 2.38. The van der Waals surface area contributed by atoms with E-state index < -0.39 is 6.10 Å². The van der Waals surface area contributed by atoms with Crippen LogP contribution in [0.1, 0.15) is 31.9 Å². The molecule has 1 aromatic rings. The van der Waals surface area contributed by atoms with E-state index in [2.05, 4.69) is 0 Å². The molecule has 0 aromatic heterocycles. The first-order chi connectivity index (χ1) is 7.61. The molecule has 3 nitrogen and oxygen atoms in total. The minimum Gasteiger partial charge on any atom is -0.388 e. The molecule has 1 aromatic carbocycles. The molecule has 2 rings (SSSR count). The van der Waals surface area contributed by atoms with Crippen molar-refractivity contribution >= 4 is 11.6 Å². The number of nitrogens with zero attached hydrogens (tertiary/aromatic N) is 1. The van der Waals surface area contributed by atoms with Gasteiger partial charge in [0, 0.05) is 23.7 Å². The van der Waals surface area contributed by atoms with E-state index in [1.165, 1.54) is 0 Å². The first kappa shape index (κ1) is 11.1. The zero-order valence-electron chi connectivity index (χ0n) is 9.68. The zero-order valence-corrected chi connectivity index (χ0v) is 9.68. The Kier molecular flexibility index (Phi) is 2.97. The fraction of sp³-hybridized carbons (Fsp3) is 0.462. The second-order valence-electron chi connectivity index (χ2n) is 4.51. The van der Waals surface area contributed by atoms with Crippen molar-refractivity contribution in [3.05, 3.63) is 29.8 Å². The summed E-state index contributed by atoms with van der Waals surface area (Å²) in [6.45, 7) is 4.40. The molecular weight excluding hydrogens is 202 g/mol. The van der Waals surface area contributed by atoms with Gasteiger partial charge in [-0.3, -0.25) is 4.79 Å². The highest BCUT2D eigenvalue weighted by atomic mass is 16.3. The number of rotatable bonds is 1. The topological polar surface area (TPSA) is 40.5 Å². The zero-order chi connectivity index (χ0) is 11.7. The Morgan fingerprint density at radius 2 is 2.12 bits per heavy atom. The highest BCUT2D eigenvalue weighted by molar-refractivity contribution is 5.95. The van der Waals surface area contributed by atoms with Gasteiger partial charge >= 0.3 is 0 Å². The molecule has 16 heavy (non-hydrogen) atoms. The highest BCUT2D eigenvalue weighted by Gasteiger charge is 2.28. The second-order valence-corrected chi connectivity index (χ2v) is 4.51. The number of aliphatic hydroxyl groups excluding tert-OH is 1. The molecule has 1 heterocycles. The Bertz CT molecular complexity index is 401. The van der Waals surface area contributed by atoms with E-state index in [-0.39, 0.29) is 11.8 Å². The summed E-state index contributed by atoms with van der Waals surface area (Å²) in [4.78, 5) is 13.8. The van der Waals surface area contributed by atoms with Crippen LogP contribution >= 0.6 is 0 Å². The van der Waals surface area contributed by atoms with E-state index in [9.17, 15) is 9.90 Å². The fourth-order valence-electron chi connectivity index (χ4n) is 2.08. The Hall–Kier alpha value is -1.35. The molecule has 0 fully saturated rings. The van der Waals surface area contributed by atoms with Crippen LogP contribution in [0.3, 0.4) is 0 Å². The van der Waals surface area contributed by atoms with Crippen LogP contribution in [0, 0.1) is 5.92 Å². The van der Waals surface area contributed by atoms with Crippen molar-refractivity contribution in [2.75, 3.05) is 11.4 Å². The summed E-state index contributed by atoms with van der Waals surface area (Å²) in [6.07, 6.45) is 0.183. The average molecular weight is 219 g/mol. The van der Waals surface area contributed by atoms with Crippen molar-refractivity contribution < 1.29 is 9.90 Å². The maximum absolute atomic E-state index is 12.0. The molecule has 1 aliphatic rings. The number of carbonyl (C=O) groups is 1. The normalized spacial score (nSPS) is 19.8. The molecular formula is C13H17NO2. The van der Waals surface area contributed by atoms with Crippen molar-refractivity contribution in [1.82, 2.24) is 0 Å². The maximum Gasteiger partial charge on any atom is 0.229 e. The first-order valence-corrected chi connectivity index (χ1v) is 5.69. The third-order valence-electron chi connectivity index (χ3n) is 2.97. The number of para-hydroxylation sites is 1. The molecule has 0 aliphatic carbocycles. The van der Waals surface area contributed by atoms with Gasteiger partial charge in [-0.2, -0.15) is 0 Å². The molecule has 0 saturated carbocycles. The first-order valence-electron chi connectivity index (χ1n) is 5.69. The molecule has 1 atom stereocenters. The molecule has 0 saturated heterocycles. The van der Waals surface area contributed by atoms with Crippen molar-refractivity contribution in [3.63, 3.8) is 0 Å². The van der Waals surface area contributed by atoms with Gasteiger partial charge in [-0.25, -0.2) is 0 Å². The number of fused-ring (bicyclic) bond motifs is 1. The van der Waals surface area contributed by atoms with E-state index in [0.29, 0.717) is 13.0 Å². The Labute approximate surface area is 95.7 Å². The van der Waals surface area contributed by atoms with Gasteiger partial charge in [0.25, 0.3) is 0 Å². The SMILES string of the molecule is CC(C)C(=O)N1CC[C@@H](O)c2ccccc21. The second kappa shape index (κ2) is 4.26. The van der Waals surface area contributed by atoms with Crippen LogP contribution in [0.4, 0.5) is 5.69 Å². The molecule has 1 amide bonds. The summed E-state index contributed by atoms with van der Waals surface area (Å²) in [5, 5.41) is 9.86. The third kappa shape index (κ3) is 1.83. The predicted octanol–water partition coefficient (Wildman–Crippen LogP) is 2.11. The molecule has 1 aliphatic heterocycles. The summed E-state index contributed by atoms with van der Waals surface area (Å²) < 4.78 is 0. The average Bonchev–Trinajstić information content (AvgIpc) is 2.29. The largest absolute Gasteiger partial charge is 0.388 e. The lowest BCUT2D eigenvalue weighted by Crippen LogP contribution is -2.39. The summed E-state index contributed by atoms with van der Waals surface area (Å²) in [7, 11) is 0. The minimum atomic E-state index is -0.438. The van der Waals surface area contributed by atoms with E-state index in [1.54, 1.807) is 4.90 Å². The van der Waals surface area contributed by atoms with Gasteiger partial charge in [-0.15, -0.1) is 0 Å². The lowest BCUT2D eigenvalue weighted by molar-refractivity contribution is -0.121. The van der Waals surface area contributed by atoms with Gasteiger partial charge in [0.15, 0.2) is 0 Å². The molecule has 0 bridgehead atoms. The van der Waals surface area contributed by atoms with Crippen molar-refractivity contribution in [2.45, 2.75) is 26.4 Å². The third-order valence-corrected chi connectivity index (χ3v) is 2.97. The number of amides is 1. The number of hydrogen-bond donors (Lipinski definition) is 1. The summed E-state index contributed by atoms with van der Waals surface area (Å²) in [6, 6.07) is 7.58. The van der Waals surface area contributed by atoms with E-state index in [0.717, 1.165) is 11.3 Å². The number of anilines is 1. The smallest absolute Gasteiger partial charge is 0.229 e. The quantitative estimate of drug-likeness (QED) is 0.786. The number of benzene rings is 1. The molecule has 0 spiro atoms. The summed E-state index contributed by atoms with van der Waals surface area (Å²) >= 11 is 0. The van der Waals surface area contributed by atoms with Crippen molar-refractivity contribution in [3.8, 4) is 0 Å². The van der Waals surface area contributed by atoms with E-state index in [4.69, 9.17) is 0 Å². The number of hydrogen-bond acceptors (Lipinski definition) is 2. The molecule has 86 valence electrons. The highest BCUT2D eigenvalue weighted by Crippen LogP contribution is 2.33. The summed E-state index contributed by atoms with van der Waals surface area (Å²) in [5.41, 5.74) is 1.72. The number of carbonyl (C=O) groups excluding carboxylic acids is 1. The Morgan fingerprint density at radius 3 is 2.81 bits per heavy atom.